The highest BCUT2D eigenvalue weighted by Gasteiger charge is 2.31. The zero-order valence-electron chi connectivity index (χ0n) is 16.1. The van der Waals surface area contributed by atoms with Crippen LogP contribution < -0.4 is 25.6 Å². The maximum atomic E-state index is 12.0. The van der Waals surface area contributed by atoms with Crippen molar-refractivity contribution in [1.82, 2.24) is 16.2 Å². The first-order valence-corrected chi connectivity index (χ1v) is 10.0. The molecule has 2 unspecified atom stereocenters. The van der Waals surface area contributed by atoms with Gasteiger partial charge in [-0.3, -0.25) is 10.2 Å². The van der Waals surface area contributed by atoms with Crippen molar-refractivity contribution in [2.75, 3.05) is 20.8 Å². The predicted octanol–water partition coefficient (Wildman–Crippen LogP) is 3.54. The van der Waals surface area contributed by atoms with Crippen LogP contribution in [-0.4, -0.2) is 31.8 Å². The Balaban J connectivity index is 1.60. The second-order valence-corrected chi connectivity index (χ2v) is 7.66. The molecule has 2 aromatic carbocycles. The van der Waals surface area contributed by atoms with Gasteiger partial charge in [0.05, 0.1) is 30.9 Å². The number of carbonyl (C=O) groups excluding carboxylic acids is 1. The van der Waals surface area contributed by atoms with E-state index in [-0.39, 0.29) is 17.2 Å². The molecule has 2 aliphatic rings. The highest BCUT2D eigenvalue weighted by Crippen LogP contribution is 2.33. The van der Waals surface area contributed by atoms with Crippen molar-refractivity contribution < 1.29 is 14.3 Å². The van der Waals surface area contributed by atoms with Crippen LogP contribution in [0.25, 0.3) is 0 Å². The number of nitrogens with one attached hydrogen (secondary N) is 3. The number of nitrogens with zero attached hydrogens (tertiary/aromatic N) is 1. The van der Waals surface area contributed by atoms with Gasteiger partial charge in [-0.05, 0) is 41.6 Å². The number of hydrazine groups is 1. The van der Waals surface area contributed by atoms with Gasteiger partial charge in [-0.1, -0.05) is 24.3 Å². The van der Waals surface area contributed by atoms with Crippen LogP contribution in [0.5, 0.6) is 11.5 Å². The van der Waals surface area contributed by atoms with Crippen molar-refractivity contribution in [3.05, 3.63) is 65.1 Å². The molecule has 0 saturated carbocycles. The molecule has 2 aliphatic heterocycles. The number of amidine groups is 1. The van der Waals surface area contributed by atoms with Gasteiger partial charge >= 0.3 is 0 Å². The van der Waals surface area contributed by atoms with Crippen LogP contribution in [0.1, 0.15) is 11.6 Å². The Morgan fingerprint density at radius 2 is 1.90 bits per heavy atom. The molecule has 4 rings (SSSR count). The summed E-state index contributed by atoms with van der Waals surface area (Å²) in [5.74, 6) is 2.27. The van der Waals surface area contributed by atoms with Crippen molar-refractivity contribution in [2.24, 2.45) is 10.9 Å². The Morgan fingerprint density at radius 3 is 2.66 bits per heavy atom. The van der Waals surface area contributed by atoms with Gasteiger partial charge in [0.2, 0.25) is 0 Å². The number of carbonyl (C=O) groups is 1. The van der Waals surface area contributed by atoms with Crippen molar-refractivity contribution >= 4 is 28.5 Å². The third kappa shape index (κ3) is 4.45. The molecule has 2 atom stereocenters. The number of methoxy groups -OCH3 is 2. The zero-order valence-corrected chi connectivity index (χ0v) is 17.0. The molecule has 8 heteroatoms. The second kappa shape index (κ2) is 8.69. The summed E-state index contributed by atoms with van der Waals surface area (Å²) >= 11 is 1.17. The van der Waals surface area contributed by atoms with Gasteiger partial charge in [0.15, 0.2) is 0 Å². The number of thioether (sulfide) groups is 1. The number of aliphatic imine (C=N–C) groups is 1. The van der Waals surface area contributed by atoms with Crippen molar-refractivity contribution in [3.63, 3.8) is 0 Å². The first-order valence-electron chi connectivity index (χ1n) is 9.22. The van der Waals surface area contributed by atoms with E-state index in [1.165, 1.54) is 11.8 Å². The molecule has 2 saturated heterocycles. The number of benzene rings is 2. The van der Waals surface area contributed by atoms with E-state index in [9.17, 15) is 4.79 Å². The average molecular weight is 410 g/mol. The fourth-order valence-electron chi connectivity index (χ4n) is 3.34. The molecular formula is C21H22N4O3S. The van der Waals surface area contributed by atoms with Gasteiger partial charge < -0.3 is 14.8 Å². The molecule has 0 bridgehead atoms. The zero-order chi connectivity index (χ0) is 20.2. The number of amides is 1. The smallest absolute Gasteiger partial charge is 0.289 e. The Hall–Kier alpha value is -2.81. The number of hydrogen-bond donors (Lipinski definition) is 3. The van der Waals surface area contributed by atoms with Crippen LogP contribution in [0.4, 0.5) is 10.5 Å². The van der Waals surface area contributed by atoms with E-state index in [1.807, 2.05) is 48.5 Å². The minimum Gasteiger partial charge on any atom is -0.497 e. The first kappa shape index (κ1) is 19.5. The van der Waals surface area contributed by atoms with Crippen molar-refractivity contribution in [3.8, 4) is 11.5 Å². The molecule has 0 spiro atoms. The second-order valence-electron chi connectivity index (χ2n) is 6.65. The highest BCUT2D eigenvalue weighted by atomic mass is 32.2. The van der Waals surface area contributed by atoms with E-state index in [4.69, 9.17) is 9.47 Å². The van der Waals surface area contributed by atoms with E-state index in [0.29, 0.717) is 5.84 Å². The van der Waals surface area contributed by atoms with Gasteiger partial charge in [-0.2, -0.15) is 0 Å². The molecular weight excluding hydrogens is 388 g/mol. The number of hydrogen-bond acceptors (Lipinski definition) is 7. The lowest BCUT2D eigenvalue weighted by Crippen LogP contribution is -2.24. The summed E-state index contributed by atoms with van der Waals surface area (Å²) in [4.78, 5) is 17.5. The average Bonchev–Trinajstić information content (AvgIpc) is 3.34. The van der Waals surface area contributed by atoms with E-state index < -0.39 is 0 Å². The molecule has 0 radical (unpaired) electrons. The molecule has 3 N–H and O–H groups in total. The Bertz CT molecular complexity index is 959. The molecule has 2 aromatic rings. The predicted molar refractivity (Wildman–Crippen MR) is 115 cm³/mol. The molecule has 29 heavy (non-hydrogen) atoms. The third-order valence-electron chi connectivity index (χ3n) is 4.81. The Kier molecular flexibility index (Phi) is 5.84. The number of ether oxygens (including phenoxy) is 2. The van der Waals surface area contributed by atoms with Crippen molar-refractivity contribution in [2.45, 2.75) is 6.04 Å². The topological polar surface area (TPSA) is 84.0 Å². The summed E-state index contributed by atoms with van der Waals surface area (Å²) in [5.41, 5.74) is 8.41. The Labute approximate surface area is 173 Å². The van der Waals surface area contributed by atoms with E-state index >= 15 is 0 Å². The lowest BCUT2D eigenvalue weighted by Gasteiger charge is -2.16. The third-order valence-corrected chi connectivity index (χ3v) is 5.65. The van der Waals surface area contributed by atoms with Gasteiger partial charge in [0, 0.05) is 18.5 Å². The molecule has 7 nitrogen and oxygen atoms in total. The van der Waals surface area contributed by atoms with Crippen LogP contribution in [0.3, 0.4) is 0 Å². The summed E-state index contributed by atoms with van der Waals surface area (Å²) in [6, 6.07) is 15.5. The maximum Gasteiger partial charge on any atom is 0.289 e. The van der Waals surface area contributed by atoms with Gasteiger partial charge in [0.25, 0.3) is 5.24 Å². The van der Waals surface area contributed by atoms with Gasteiger partial charge in [-0.25, -0.2) is 10.4 Å². The summed E-state index contributed by atoms with van der Waals surface area (Å²) < 4.78 is 10.5. The monoisotopic (exact) mass is 410 g/mol. The fourth-order valence-corrected chi connectivity index (χ4v) is 4.12. The largest absolute Gasteiger partial charge is 0.497 e. The van der Waals surface area contributed by atoms with E-state index in [2.05, 4.69) is 27.2 Å². The van der Waals surface area contributed by atoms with E-state index in [0.717, 1.165) is 34.2 Å². The summed E-state index contributed by atoms with van der Waals surface area (Å²) in [6.45, 7) is 0.751. The SMILES string of the molecule is COc1ccc(C2NNCC2/C=C2\SC(=O)NC2=Nc2cccc(OC)c2)cc1. The normalized spacial score (nSPS) is 24.1. The molecule has 1 amide bonds. The van der Waals surface area contributed by atoms with Crippen LogP contribution in [0, 0.1) is 5.92 Å². The lowest BCUT2D eigenvalue weighted by atomic mass is 9.94. The fraction of sp³-hybridized carbons (Fsp3) is 0.238. The minimum absolute atomic E-state index is 0.0859. The van der Waals surface area contributed by atoms with Gasteiger partial charge in [-0.15, -0.1) is 0 Å². The molecule has 0 aromatic heterocycles. The Morgan fingerprint density at radius 1 is 1.10 bits per heavy atom. The van der Waals surface area contributed by atoms with Crippen LogP contribution in [-0.2, 0) is 0 Å². The molecule has 2 fully saturated rings. The van der Waals surface area contributed by atoms with Crippen LogP contribution in [0.15, 0.2) is 64.5 Å². The molecule has 0 aliphatic carbocycles. The molecule has 2 heterocycles. The summed E-state index contributed by atoms with van der Waals surface area (Å²) in [7, 11) is 3.27. The van der Waals surface area contributed by atoms with Crippen molar-refractivity contribution in [1.29, 1.82) is 0 Å². The minimum atomic E-state index is -0.127. The maximum absolute atomic E-state index is 12.0. The van der Waals surface area contributed by atoms with Crippen LogP contribution in [0.2, 0.25) is 0 Å². The first-order chi connectivity index (χ1) is 14.2. The van der Waals surface area contributed by atoms with Crippen LogP contribution >= 0.6 is 11.8 Å². The lowest BCUT2D eigenvalue weighted by molar-refractivity contribution is 0.265. The number of rotatable bonds is 5. The standard InChI is InChI=1S/C21H22N4O3S/c1-27-16-8-6-13(7-9-16)19-14(12-22-25-19)10-18-20(24-21(26)29-18)23-15-4-3-5-17(11-15)28-2/h3-11,14,19,22,25H,12H2,1-2H3,(H,23,24,26)/b18-10-. The highest BCUT2D eigenvalue weighted by molar-refractivity contribution is 8.18. The summed E-state index contributed by atoms with van der Waals surface area (Å²) in [5, 5.41) is 2.71. The summed E-state index contributed by atoms with van der Waals surface area (Å²) in [6.07, 6.45) is 2.10. The van der Waals surface area contributed by atoms with Gasteiger partial charge in [0.1, 0.15) is 17.3 Å². The quantitative estimate of drug-likeness (QED) is 0.699. The van der Waals surface area contributed by atoms with E-state index in [1.54, 1.807) is 14.2 Å². The molecule has 150 valence electrons.